The van der Waals surface area contributed by atoms with Crippen LogP contribution in [0.3, 0.4) is 0 Å². The van der Waals surface area contributed by atoms with Crippen LogP contribution in [0, 0.1) is 0 Å². The summed E-state index contributed by atoms with van der Waals surface area (Å²) in [5.41, 5.74) is 1.36. The standard InChI is InChI=1S/C16H14O4/c1-19-16(18)10-12-4-2-6-14(8-12)20-15-7-3-5-13(9-15)11-17/h2-9,11H,10H2,1H3. The molecule has 0 spiro atoms. The van der Waals surface area contributed by atoms with E-state index in [4.69, 9.17) is 4.74 Å². The van der Waals surface area contributed by atoms with Crippen LogP contribution >= 0.6 is 0 Å². The fourth-order valence-electron chi connectivity index (χ4n) is 1.75. The number of hydrogen-bond donors (Lipinski definition) is 0. The first-order valence-electron chi connectivity index (χ1n) is 6.10. The SMILES string of the molecule is COC(=O)Cc1cccc(Oc2cccc(C=O)c2)c1. The molecule has 0 aliphatic heterocycles. The van der Waals surface area contributed by atoms with Crippen molar-refractivity contribution in [2.45, 2.75) is 6.42 Å². The van der Waals surface area contributed by atoms with E-state index in [0.717, 1.165) is 11.8 Å². The average Bonchev–Trinajstić information content (AvgIpc) is 2.47. The Morgan fingerprint density at radius 3 is 2.50 bits per heavy atom. The van der Waals surface area contributed by atoms with E-state index >= 15 is 0 Å². The van der Waals surface area contributed by atoms with Crippen LogP contribution in [0.1, 0.15) is 15.9 Å². The number of esters is 1. The van der Waals surface area contributed by atoms with Crippen LogP contribution in [-0.4, -0.2) is 19.4 Å². The van der Waals surface area contributed by atoms with Gasteiger partial charge in [-0.2, -0.15) is 0 Å². The molecule has 0 N–H and O–H groups in total. The second-order valence-electron chi connectivity index (χ2n) is 4.19. The molecule has 4 nitrogen and oxygen atoms in total. The van der Waals surface area contributed by atoms with Crippen molar-refractivity contribution in [3.8, 4) is 11.5 Å². The van der Waals surface area contributed by atoms with Crippen molar-refractivity contribution in [3.05, 3.63) is 59.7 Å². The summed E-state index contributed by atoms with van der Waals surface area (Å²) < 4.78 is 10.3. The molecule has 102 valence electrons. The lowest BCUT2D eigenvalue weighted by Gasteiger charge is -2.07. The lowest BCUT2D eigenvalue weighted by Crippen LogP contribution is -2.04. The Labute approximate surface area is 116 Å². The number of carbonyl (C=O) groups is 2. The number of benzene rings is 2. The molecule has 20 heavy (non-hydrogen) atoms. The number of rotatable bonds is 5. The maximum Gasteiger partial charge on any atom is 0.309 e. The highest BCUT2D eigenvalue weighted by atomic mass is 16.5. The summed E-state index contributed by atoms with van der Waals surface area (Å²) in [7, 11) is 1.35. The fraction of sp³-hybridized carbons (Fsp3) is 0.125. The Bertz CT molecular complexity index is 619. The van der Waals surface area contributed by atoms with Crippen molar-refractivity contribution < 1.29 is 19.1 Å². The molecule has 2 aromatic rings. The third kappa shape index (κ3) is 3.68. The fourth-order valence-corrected chi connectivity index (χ4v) is 1.75. The molecular formula is C16H14O4. The smallest absolute Gasteiger partial charge is 0.309 e. The summed E-state index contributed by atoms with van der Waals surface area (Å²) in [5.74, 6) is 0.879. The minimum atomic E-state index is -0.301. The van der Waals surface area contributed by atoms with Gasteiger partial charge in [0.15, 0.2) is 0 Å². The predicted octanol–water partition coefficient (Wildman–Crippen LogP) is 3.01. The maximum absolute atomic E-state index is 11.2. The molecule has 0 aromatic heterocycles. The van der Waals surface area contributed by atoms with Crippen LogP contribution in [0.4, 0.5) is 0 Å². The van der Waals surface area contributed by atoms with Gasteiger partial charge in [0, 0.05) is 5.56 Å². The summed E-state index contributed by atoms with van der Waals surface area (Å²) >= 11 is 0. The van der Waals surface area contributed by atoms with Crippen molar-refractivity contribution in [2.75, 3.05) is 7.11 Å². The normalized spacial score (nSPS) is 9.85. The van der Waals surface area contributed by atoms with E-state index in [-0.39, 0.29) is 12.4 Å². The highest BCUT2D eigenvalue weighted by Gasteiger charge is 2.05. The number of hydrogen-bond acceptors (Lipinski definition) is 4. The minimum Gasteiger partial charge on any atom is -0.469 e. The van der Waals surface area contributed by atoms with Gasteiger partial charge in [-0.1, -0.05) is 24.3 Å². The Hall–Kier alpha value is -2.62. The summed E-state index contributed by atoms with van der Waals surface area (Å²) in [5, 5.41) is 0. The molecule has 0 saturated carbocycles. The van der Waals surface area contributed by atoms with Crippen molar-refractivity contribution >= 4 is 12.3 Å². The van der Waals surface area contributed by atoms with Crippen molar-refractivity contribution in [3.63, 3.8) is 0 Å². The van der Waals surface area contributed by atoms with E-state index in [1.807, 2.05) is 6.07 Å². The lowest BCUT2D eigenvalue weighted by atomic mass is 10.1. The summed E-state index contributed by atoms with van der Waals surface area (Å²) in [4.78, 5) is 21.9. The van der Waals surface area contributed by atoms with Gasteiger partial charge in [0.05, 0.1) is 13.5 Å². The van der Waals surface area contributed by atoms with Crippen LogP contribution in [0.2, 0.25) is 0 Å². The molecule has 0 aliphatic rings. The third-order valence-corrected chi connectivity index (χ3v) is 2.70. The summed E-state index contributed by atoms with van der Waals surface area (Å²) in [6, 6.07) is 14.0. The van der Waals surface area contributed by atoms with Gasteiger partial charge in [0.25, 0.3) is 0 Å². The molecule has 0 bridgehead atoms. The van der Waals surface area contributed by atoms with Gasteiger partial charge < -0.3 is 9.47 Å². The number of methoxy groups -OCH3 is 1. The first kappa shape index (κ1) is 13.8. The van der Waals surface area contributed by atoms with E-state index in [1.54, 1.807) is 42.5 Å². The van der Waals surface area contributed by atoms with E-state index < -0.39 is 0 Å². The average molecular weight is 270 g/mol. The van der Waals surface area contributed by atoms with Gasteiger partial charge in [-0.25, -0.2) is 0 Å². The van der Waals surface area contributed by atoms with Crippen LogP contribution in [-0.2, 0) is 16.0 Å². The molecule has 0 heterocycles. The Balaban J connectivity index is 2.14. The van der Waals surface area contributed by atoms with E-state index in [1.165, 1.54) is 7.11 Å². The zero-order valence-electron chi connectivity index (χ0n) is 11.0. The van der Waals surface area contributed by atoms with Gasteiger partial charge >= 0.3 is 5.97 Å². The zero-order valence-corrected chi connectivity index (χ0v) is 11.0. The highest BCUT2D eigenvalue weighted by molar-refractivity contribution is 5.75. The van der Waals surface area contributed by atoms with E-state index in [0.29, 0.717) is 17.1 Å². The molecule has 0 aliphatic carbocycles. The molecule has 0 radical (unpaired) electrons. The first-order valence-corrected chi connectivity index (χ1v) is 6.10. The molecule has 0 atom stereocenters. The molecule has 4 heteroatoms. The highest BCUT2D eigenvalue weighted by Crippen LogP contribution is 2.23. The molecule has 2 aromatic carbocycles. The molecule has 0 unspecified atom stereocenters. The van der Waals surface area contributed by atoms with Crippen LogP contribution in [0.5, 0.6) is 11.5 Å². The van der Waals surface area contributed by atoms with Gasteiger partial charge in [-0.3, -0.25) is 9.59 Å². The van der Waals surface area contributed by atoms with Gasteiger partial charge in [-0.05, 0) is 29.8 Å². The summed E-state index contributed by atoms with van der Waals surface area (Å²) in [6.07, 6.45) is 0.961. The summed E-state index contributed by atoms with van der Waals surface area (Å²) in [6.45, 7) is 0. The van der Waals surface area contributed by atoms with Crippen molar-refractivity contribution in [1.82, 2.24) is 0 Å². The van der Waals surface area contributed by atoms with Gasteiger partial charge in [-0.15, -0.1) is 0 Å². The third-order valence-electron chi connectivity index (χ3n) is 2.70. The Morgan fingerprint density at radius 1 is 1.10 bits per heavy atom. The van der Waals surface area contributed by atoms with E-state index in [2.05, 4.69) is 4.74 Å². The zero-order chi connectivity index (χ0) is 14.4. The van der Waals surface area contributed by atoms with Crippen LogP contribution < -0.4 is 4.74 Å². The minimum absolute atomic E-state index is 0.197. The van der Waals surface area contributed by atoms with Crippen molar-refractivity contribution in [1.29, 1.82) is 0 Å². The quantitative estimate of drug-likeness (QED) is 0.619. The molecule has 0 saturated heterocycles. The van der Waals surface area contributed by atoms with Crippen LogP contribution in [0.25, 0.3) is 0 Å². The Morgan fingerprint density at radius 2 is 1.80 bits per heavy atom. The number of carbonyl (C=O) groups excluding carboxylic acids is 2. The largest absolute Gasteiger partial charge is 0.469 e. The molecule has 0 amide bonds. The van der Waals surface area contributed by atoms with Crippen LogP contribution in [0.15, 0.2) is 48.5 Å². The van der Waals surface area contributed by atoms with E-state index in [9.17, 15) is 9.59 Å². The topological polar surface area (TPSA) is 52.6 Å². The second kappa shape index (κ2) is 6.52. The van der Waals surface area contributed by atoms with Gasteiger partial charge in [0.1, 0.15) is 17.8 Å². The Kier molecular flexibility index (Phi) is 4.50. The first-order chi connectivity index (χ1) is 9.71. The van der Waals surface area contributed by atoms with Gasteiger partial charge in [0.2, 0.25) is 0 Å². The molecule has 2 rings (SSSR count). The van der Waals surface area contributed by atoms with Crippen molar-refractivity contribution in [2.24, 2.45) is 0 Å². The number of aldehydes is 1. The molecule has 0 fully saturated rings. The predicted molar refractivity (Wildman–Crippen MR) is 74.1 cm³/mol. The monoisotopic (exact) mass is 270 g/mol. The lowest BCUT2D eigenvalue weighted by molar-refractivity contribution is -0.139. The number of ether oxygens (including phenoxy) is 2. The molecular weight excluding hydrogens is 256 g/mol. The maximum atomic E-state index is 11.2. The second-order valence-corrected chi connectivity index (χ2v) is 4.19.